The molecular formula is C7H11N3O2. The topological polar surface area (TPSA) is 81.0 Å². The number of carbonyl (C=O) groups is 1. The molecule has 0 fully saturated rings. The summed E-state index contributed by atoms with van der Waals surface area (Å²) < 4.78 is 4.55. The van der Waals surface area contributed by atoms with E-state index < -0.39 is 5.92 Å². The molecule has 1 rings (SSSR count). The maximum absolute atomic E-state index is 11.1. The third-order valence-corrected chi connectivity index (χ3v) is 1.57. The molecule has 1 aromatic rings. The molecule has 5 heteroatoms. The minimum absolute atomic E-state index is 0.195. The van der Waals surface area contributed by atoms with Crippen LogP contribution in [-0.4, -0.2) is 29.6 Å². The summed E-state index contributed by atoms with van der Waals surface area (Å²) in [7, 11) is 1.33. The van der Waals surface area contributed by atoms with Crippen molar-refractivity contribution in [1.82, 2.24) is 9.97 Å². The molecule has 0 bridgehead atoms. The van der Waals surface area contributed by atoms with Crippen LogP contribution in [0.4, 0.5) is 0 Å². The van der Waals surface area contributed by atoms with Crippen LogP contribution in [0.25, 0.3) is 0 Å². The van der Waals surface area contributed by atoms with Gasteiger partial charge in [-0.3, -0.25) is 4.79 Å². The molecule has 0 aliphatic carbocycles. The van der Waals surface area contributed by atoms with Crippen molar-refractivity contribution in [3.63, 3.8) is 0 Å². The van der Waals surface area contributed by atoms with Crippen LogP contribution in [0, 0.1) is 0 Å². The molecule has 66 valence electrons. The van der Waals surface area contributed by atoms with Gasteiger partial charge in [0.25, 0.3) is 0 Å². The number of esters is 1. The van der Waals surface area contributed by atoms with E-state index in [-0.39, 0.29) is 12.5 Å². The number of methoxy groups -OCH3 is 1. The number of carbonyl (C=O) groups excluding carboxylic acids is 1. The van der Waals surface area contributed by atoms with Crippen LogP contribution in [-0.2, 0) is 9.53 Å². The Kier molecular flexibility index (Phi) is 2.82. The van der Waals surface area contributed by atoms with Crippen LogP contribution in [0.1, 0.15) is 11.7 Å². The monoisotopic (exact) mass is 169 g/mol. The zero-order valence-electron chi connectivity index (χ0n) is 6.78. The Balaban J connectivity index is 2.76. The van der Waals surface area contributed by atoms with Crippen molar-refractivity contribution in [3.8, 4) is 0 Å². The molecule has 1 atom stereocenters. The van der Waals surface area contributed by atoms with Gasteiger partial charge in [-0.25, -0.2) is 4.98 Å². The van der Waals surface area contributed by atoms with E-state index in [1.54, 1.807) is 12.4 Å². The minimum Gasteiger partial charge on any atom is -0.468 e. The first-order valence-electron chi connectivity index (χ1n) is 3.56. The molecule has 0 spiro atoms. The van der Waals surface area contributed by atoms with E-state index >= 15 is 0 Å². The van der Waals surface area contributed by atoms with Crippen LogP contribution in [0.15, 0.2) is 12.4 Å². The predicted octanol–water partition coefficient (Wildman–Crippen LogP) is -0.375. The number of hydrogen-bond acceptors (Lipinski definition) is 4. The summed E-state index contributed by atoms with van der Waals surface area (Å²) in [5.74, 6) is -0.304. The van der Waals surface area contributed by atoms with Gasteiger partial charge >= 0.3 is 5.97 Å². The fraction of sp³-hybridized carbons (Fsp3) is 0.429. The number of nitrogens with two attached hydrogens (primary N) is 1. The van der Waals surface area contributed by atoms with Gasteiger partial charge in [0.2, 0.25) is 0 Å². The maximum atomic E-state index is 11.1. The molecule has 0 aliphatic heterocycles. The van der Waals surface area contributed by atoms with Crippen molar-refractivity contribution in [1.29, 1.82) is 0 Å². The largest absolute Gasteiger partial charge is 0.468 e. The Bertz CT molecular complexity index is 245. The predicted molar refractivity (Wildman–Crippen MR) is 42.4 cm³/mol. The number of hydrogen-bond donors (Lipinski definition) is 2. The van der Waals surface area contributed by atoms with Crippen molar-refractivity contribution in [2.45, 2.75) is 5.92 Å². The average molecular weight is 169 g/mol. The van der Waals surface area contributed by atoms with Gasteiger partial charge in [-0.1, -0.05) is 0 Å². The first kappa shape index (κ1) is 8.73. The highest BCUT2D eigenvalue weighted by Gasteiger charge is 2.21. The van der Waals surface area contributed by atoms with Gasteiger partial charge in [0.15, 0.2) is 0 Å². The molecule has 0 amide bonds. The van der Waals surface area contributed by atoms with E-state index in [9.17, 15) is 4.79 Å². The van der Waals surface area contributed by atoms with E-state index in [4.69, 9.17) is 5.73 Å². The Labute approximate surface area is 69.9 Å². The van der Waals surface area contributed by atoms with E-state index in [0.717, 1.165) is 0 Å². The molecule has 12 heavy (non-hydrogen) atoms. The Morgan fingerprint density at radius 3 is 3.08 bits per heavy atom. The lowest BCUT2D eigenvalue weighted by molar-refractivity contribution is -0.142. The highest BCUT2D eigenvalue weighted by Crippen LogP contribution is 2.09. The second-order valence-corrected chi connectivity index (χ2v) is 2.29. The van der Waals surface area contributed by atoms with Gasteiger partial charge in [-0.05, 0) is 0 Å². The van der Waals surface area contributed by atoms with Crippen LogP contribution in [0.3, 0.4) is 0 Å². The normalized spacial score (nSPS) is 12.5. The highest BCUT2D eigenvalue weighted by atomic mass is 16.5. The zero-order valence-corrected chi connectivity index (χ0v) is 6.78. The van der Waals surface area contributed by atoms with E-state index in [0.29, 0.717) is 5.82 Å². The first-order chi connectivity index (χ1) is 5.79. The molecule has 1 aromatic heterocycles. The number of ether oxygens (including phenoxy) is 1. The second kappa shape index (κ2) is 3.87. The van der Waals surface area contributed by atoms with Crippen molar-refractivity contribution in [2.75, 3.05) is 13.7 Å². The first-order valence-corrected chi connectivity index (χ1v) is 3.56. The maximum Gasteiger partial charge on any atom is 0.317 e. The smallest absolute Gasteiger partial charge is 0.317 e. The van der Waals surface area contributed by atoms with Crippen molar-refractivity contribution in [2.24, 2.45) is 5.73 Å². The van der Waals surface area contributed by atoms with Gasteiger partial charge in [-0.15, -0.1) is 0 Å². The van der Waals surface area contributed by atoms with Crippen LogP contribution < -0.4 is 5.73 Å². The van der Waals surface area contributed by atoms with Crippen molar-refractivity contribution >= 4 is 5.97 Å². The lowest BCUT2D eigenvalue weighted by atomic mass is 10.1. The van der Waals surface area contributed by atoms with E-state index in [2.05, 4.69) is 14.7 Å². The third kappa shape index (κ3) is 1.62. The average Bonchev–Trinajstić information content (AvgIpc) is 2.58. The van der Waals surface area contributed by atoms with Gasteiger partial charge in [0.05, 0.1) is 7.11 Å². The molecule has 0 aliphatic rings. The summed E-state index contributed by atoms with van der Waals surface area (Å²) in [6, 6.07) is 0. The number of H-pyrrole nitrogens is 1. The summed E-state index contributed by atoms with van der Waals surface area (Å²) >= 11 is 0. The molecule has 0 saturated carbocycles. The summed E-state index contributed by atoms with van der Waals surface area (Å²) in [5.41, 5.74) is 5.38. The number of nitrogens with one attached hydrogen (secondary N) is 1. The van der Waals surface area contributed by atoms with Crippen LogP contribution >= 0.6 is 0 Å². The second-order valence-electron chi connectivity index (χ2n) is 2.29. The molecule has 1 heterocycles. The van der Waals surface area contributed by atoms with Gasteiger partial charge in [-0.2, -0.15) is 0 Å². The summed E-state index contributed by atoms with van der Waals surface area (Å²) in [6.07, 6.45) is 3.21. The number of nitrogens with zero attached hydrogens (tertiary/aromatic N) is 1. The molecular weight excluding hydrogens is 158 g/mol. The van der Waals surface area contributed by atoms with Crippen LogP contribution in [0.2, 0.25) is 0 Å². The number of aromatic amines is 1. The SMILES string of the molecule is COC(=O)C(CN)c1ncc[nH]1. The fourth-order valence-corrected chi connectivity index (χ4v) is 0.930. The number of imidazole rings is 1. The lowest BCUT2D eigenvalue weighted by Crippen LogP contribution is -2.23. The van der Waals surface area contributed by atoms with Crippen molar-refractivity contribution in [3.05, 3.63) is 18.2 Å². The van der Waals surface area contributed by atoms with Crippen LogP contribution in [0.5, 0.6) is 0 Å². The van der Waals surface area contributed by atoms with Gasteiger partial charge in [0.1, 0.15) is 11.7 Å². The van der Waals surface area contributed by atoms with E-state index in [1.165, 1.54) is 7.11 Å². The molecule has 3 N–H and O–H groups in total. The third-order valence-electron chi connectivity index (χ3n) is 1.57. The summed E-state index contributed by atoms with van der Waals surface area (Å²) in [6.45, 7) is 0.195. The lowest BCUT2D eigenvalue weighted by Gasteiger charge is -2.08. The highest BCUT2D eigenvalue weighted by molar-refractivity contribution is 5.77. The molecule has 0 radical (unpaired) electrons. The van der Waals surface area contributed by atoms with Gasteiger partial charge < -0.3 is 15.5 Å². The number of rotatable bonds is 3. The Morgan fingerprint density at radius 2 is 2.67 bits per heavy atom. The van der Waals surface area contributed by atoms with Crippen molar-refractivity contribution < 1.29 is 9.53 Å². The molecule has 0 saturated heterocycles. The van der Waals surface area contributed by atoms with E-state index in [1.807, 2.05) is 0 Å². The quantitative estimate of drug-likeness (QED) is 0.604. The molecule has 5 nitrogen and oxygen atoms in total. The van der Waals surface area contributed by atoms with Gasteiger partial charge in [0, 0.05) is 18.9 Å². The standard InChI is InChI=1S/C7H11N3O2/c1-12-7(11)5(4-8)6-9-2-3-10-6/h2-3,5H,4,8H2,1H3,(H,9,10). The zero-order chi connectivity index (χ0) is 8.97. The molecule has 0 aromatic carbocycles. The summed E-state index contributed by atoms with van der Waals surface area (Å²) in [4.78, 5) is 17.8. The minimum atomic E-state index is -0.481. The molecule has 1 unspecified atom stereocenters. The fourth-order valence-electron chi connectivity index (χ4n) is 0.930. The number of aromatic nitrogens is 2. The Morgan fingerprint density at radius 1 is 1.92 bits per heavy atom. The summed E-state index contributed by atoms with van der Waals surface area (Å²) in [5, 5.41) is 0. The Hall–Kier alpha value is -1.36.